The van der Waals surface area contributed by atoms with Gasteiger partial charge in [-0.1, -0.05) is 31.0 Å². The van der Waals surface area contributed by atoms with Crippen molar-refractivity contribution in [3.8, 4) is 11.5 Å². The van der Waals surface area contributed by atoms with Crippen molar-refractivity contribution in [1.82, 2.24) is 10.3 Å². The van der Waals surface area contributed by atoms with Crippen LogP contribution in [0.25, 0.3) is 0 Å². The lowest BCUT2D eigenvalue weighted by Gasteiger charge is -2.33. The molecule has 216 valence electrons. The largest absolute Gasteiger partial charge is 0.497 e. The van der Waals surface area contributed by atoms with Crippen molar-refractivity contribution in [2.45, 2.75) is 57.0 Å². The fourth-order valence-electron chi connectivity index (χ4n) is 4.94. The van der Waals surface area contributed by atoms with Crippen LogP contribution in [0.5, 0.6) is 11.5 Å². The molecule has 9 nitrogen and oxygen atoms in total. The minimum atomic E-state index is -1.09. The van der Waals surface area contributed by atoms with Crippen LogP contribution in [-0.2, 0) is 14.4 Å². The van der Waals surface area contributed by atoms with E-state index in [1.807, 2.05) is 0 Å². The highest BCUT2D eigenvalue weighted by Crippen LogP contribution is 2.35. The van der Waals surface area contributed by atoms with Crippen LogP contribution in [-0.4, -0.2) is 43.0 Å². The molecule has 0 saturated heterocycles. The van der Waals surface area contributed by atoms with Gasteiger partial charge < -0.3 is 20.1 Å². The number of nitrogens with zero attached hydrogens (tertiary/aromatic N) is 2. The molecule has 4 rings (SSSR count). The summed E-state index contributed by atoms with van der Waals surface area (Å²) >= 11 is 0. The van der Waals surface area contributed by atoms with Gasteiger partial charge in [-0.15, -0.1) is 0 Å². The SMILES string of the molecule is COc1cc(OC)cc(N(C(=O)CCCC(=O)Nc2ccccn2)C(C(=O)NC2CCCC2)c2ccc(F)cc2)c1. The minimum Gasteiger partial charge on any atom is -0.497 e. The molecule has 1 unspecified atom stereocenters. The Kier molecular flexibility index (Phi) is 10.3. The van der Waals surface area contributed by atoms with E-state index in [1.54, 1.807) is 42.6 Å². The van der Waals surface area contributed by atoms with Crippen molar-refractivity contribution in [3.63, 3.8) is 0 Å². The predicted octanol–water partition coefficient (Wildman–Crippen LogP) is 5.18. The Morgan fingerprint density at radius 1 is 0.976 bits per heavy atom. The number of aromatic nitrogens is 1. The average Bonchev–Trinajstić information content (AvgIpc) is 3.49. The van der Waals surface area contributed by atoms with Gasteiger partial charge in [-0.3, -0.25) is 19.3 Å². The van der Waals surface area contributed by atoms with Gasteiger partial charge in [0.25, 0.3) is 0 Å². The first-order valence-corrected chi connectivity index (χ1v) is 13.7. The fraction of sp³-hybridized carbons (Fsp3) is 0.355. The molecule has 10 heteroatoms. The quantitative estimate of drug-likeness (QED) is 0.315. The Morgan fingerprint density at radius 3 is 2.27 bits per heavy atom. The van der Waals surface area contributed by atoms with Crippen LogP contribution in [0.2, 0.25) is 0 Å². The molecule has 1 aliphatic rings. The van der Waals surface area contributed by atoms with E-state index >= 15 is 0 Å². The van der Waals surface area contributed by atoms with Crippen molar-refractivity contribution in [2.24, 2.45) is 0 Å². The molecule has 1 atom stereocenters. The second kappa shape index (κ2) is 14.2. The number of carbonyl (C=O) groups excluding carboxylic acids is 3. The van der Waals surface area contributed by atoms with Crippen molar-refractivity contribution < 1.29 is 28.2 Å². The van der Waals surface area contributed by atoms with Gasteiger partial charge in [0.15, 0.2) is 0 Å². The van der Waals surface area contributed by atoms with E-state index in [4.69, 9.17) is 9.47 Å². The number of halogens is 1. The number of amides is 3. The van der Waals surface area contributed by atoms with Gasteiger partial charge in [-0.25, -0.2) is 9.37 Å². The lowest BCUT2D eigenvalue weighted by atomic mass is 10.0. The smallest absolute Gasteiger partial charge is 0.248 e. The first-order valence-electron chi connectivity index (χ1n) is 13.7. The van der Waals surface area contributed by atoms with E-state index in [2.05, 4.69) is 15.6 Å². The molecule has 1 aromatic heterocycles. The van der Waals surface area contributed by atoms with Crippen LogP contribution in [0.4, 0.5) is 15.9 Å². The third-order valence-electron chi connectivity index (χ3n) is 7.00. The summed E-state index contributed by atoms with van der Waals surface area (Å²) in [5, 5.41) is 5.81. The van der Waals surface area contributed by atoms with Crippen LogP contribution >= 0.6 is 0 Å². The van der Waals surface area contributed by atoms with Gasteiger partial charge in [-0.2, -0.15) is 0 Å². The Bertz CT molecular complexity index is 1310. The van der Waals surface area contributed by atoms with Crippen molar-refractivity contribution in [3.05, 3.63) is 78.2 Å². The second-order valence-electron chi connectivity index (χ2n) is 9.90. The van der Waals surface area contributed by atoms with Crippen LogP contribution in [0.15, 0.2) is 66.9 Å². The molecule has 3 aromatic rings. The number of rotatable bonds is 12. The Hall–Kier alpha value is -4.47. The maximum Gasteiger partial charge on any atom is 0.248 e. The molecule has 2 N–H and O–H groups in total. The van der Waals surface area contributed by atoms with E-state index in [0.717, 1.165) is 25.7 Å². The standard InChI is InChI=1S/C31H35FN4O5/c1-40-25-18-24(19-26(20-25)41-2)36(29(38)12-7-11-28(37)35-27-10-5-6-17-33-27)30(21-13-15-22(32)16-14-21)31(39)34-23-8-3-4-9-23/h5-6,10,13-20,23,30H,3-4,7-9,11-12H2,1-2H3,(H,34,39)(H,33,35,37). The lowest BCUT2D eigenvalue weighted by Crippen LogP contribution is -2.46. The zero-order valence-electron chi connectivity index (χ0n) is 23.3. The Labute approximate surface area is 239 Å². The van der Waals surface area contributed by atoms with E-state index in [9.17, 15) is 18.8 Å². The molecule has 0 radical (unpaired) electrons. The lowest BCUT2D eigenvalue weighted by molar-refractivity contribution is -0.127. The number of anilines is 2. The first-order chi connectivity index (χ1) is 19.9. The number of ether oxygens (including phenoxy) is 2. The number of nitrogens with one attached hydrogen (secondary N) is 2. The Balaban J connectivity index is 1.64. The number of carbonyl (C=O) groups is 3. The molecule has 2 aromatic carbocycles. The van der Waals surface area contributed by atoms with E-state index in [-0.39, 0.29) is 43.0 Å². The number of hydrogen-bond acceptors (Lipinski definition) is 6. The third kappa shape index (κ3) is 8.03. The predicted molar refractivity (Wildman–Crippen MR) is 153 cm³/mol. The normalized spacial score (nSPS) is 13.7. The molecule has 1 saturated carbocycles. The molecule has 0 aliphatic heterocycles. The number of pyridine rings is 1. The number of hydrogen-bond donors (Lipinski definition) is 2. The van der Waals surface area contributed by atoms with Crippen LogP contribution in [0, 0.1) is 5.82 Å². The summed E-state index contributed by atoms with van der Waals surface area (Å²) < 4.78 is 24.8. The topological polar surface area (TPSA) is 110 Å². The second-order valence-corrected chi connectivity index (χ2v) is 9.90. The van der Waals surface area contributed by atoms with E-state index < -0.39 is 11.9 Å². The molecule has 0 bridgehead atoms. The van der Waals surface area contributed by atoms with Crippen molar-refractivity contribution >= 4 is 29.2 Å². The minimum absolute atomic E-state index is 0.00228. The number of methoxy groups -OCH3 is 2. The summed E-state index contributed by atoms with van der Waals surface area (Å²) in [7, 11) is 2.99. The number of benzene rings is 2. The van der Waals surface area contributed by atoms with Gasteiger partial charge in [0.2, 0.25) is 17.7 Å². The summed E-state index contributed by atoms with van der Waals surface area (Å²) in [5.74, 6) is -0.201. The van der Waals surface area contributed by atoms with Crippen molar-refractivity contribution in [1.29, 1.82) is 0 Å². The molecule has 3 amide bonds. The highest BCUT2D eigenvalue weighted by Gasteiger charge is 2.34. The van der Waals surface area contributed by atoms with E-state index in [1.165, 1.54) is 43.4 Å². The third-order valence-corrected chi connectivity index (χ3v) is 7.00. The van der Waals surface area contributed by atoms with Gasteiger partial charge in [0.05, 0.1) is 19.9 Å². The first kappa shape index (κ1) is 29.5. The monoisotopic (exact) mass is 562 g/mol. The average molecular weight is 563 g/mol. The van der Waals surface area contributed by atoms with E-state index in [0.29, 0.717) is 28.6 Å². The highest BCUT2D eigenvalue weighted by atomic mass is 19.1. The molecule has 1 heterocycles. The Morgan fingerprint density at radius 2 is 1.66 bits per heavy atom. The maximum atomic E-state index is 14.0. The molecule has 1 aliphatic carbocycles. The summed E-state index contributed by atoms with van der Waals surface area (Å²) in [6.45, 7) is 0. The molecule has 41 heavy (non-hydrogen) atoms. The summed E-state index contributed by atoms with van der Waals surface area (Å²) in [6, 6.07) is 14.6. The fourth-order valence-corrected chi connectivity index (χ4v) is 4.94. The summed E-state index contributed by atoms with van der Waals surface area (Å²) in [5.41, 5.74) is 0.824. The molecule has 1 fully saturated rings. The van der Waals surface area contributed by atoms with Crippen LogP contribution in [0.1, 0.15) is 56.6 Å². The zero-order valence-corrected chi connectivity index (χ0v) is 23.3. The summed E-state index contributed by atoms with van der Waals surface area (Å²) in [6.07, 6.45) is 5.60. The molecule has 0 spiro atoms. The van der Waals surface area contributed by atoms with Crippen LogP contribution < -0.4 is 25.0 Å². The van der Waals surface area contributed by atoms with Crippen LogP contribution in [0.3, 0.4) is 0 Å². The zero-order chi connectivity index (χ0) is 29.2. The molecular formula is C31H35FN4O5. The van der Waals surface area contributed by atoms with Gasteiger partial charge >= 0.3 is 0 Å². The molecular weight excluding hydrogens is 527 g/mol. The highest BCUT2D eigenvalue weighted by molar-refractivity contribution is 6.02. The van der Waals surface area contributed by atoms with Gasteiger partial charge in [0.1, 0.15) is 29.2 Å². The van der Waals surface area contributed by atoms with Gasteiger partial charge in [0, 0.05) is 43.3 Å². The van der Waals surface area contributed by atoms with Gasteiger partial charge in [-0.05, 0) is 49.1 Å². The maximum absolute atomic E-state index is 14.0. The van der Waals surface area contributed by atoms with Crippen molar-refractivity contribution in [2.75, 3.05) is 24.4 Å². The summed E-state index contributed by atoms with van der Waals surface area (Å²) in [4.78, 5) is 45.8.